The number of carbonyl (C=O) groups excluding carboxylic acids is 2. The molecule has 0 unspecified atom stereocenters. The molecular formula is C21H22BrNO3. The summed E-state index contributed by atoms with van der Waals surface area (Å²) in [5, 5.41) is 2.82. The molecule has 1 atom stereocenters. The summed E-state index contributed by atoms with van der Waals surface area (Å²) in [6, 6.07) is 11.6. The van der Waals surface area contributed by atoms with Crippen LogP contribution in [0.1, 0.15) is 29.2 Å². The average Bonchev–Trinajstić information content (AvgIpc) is 2.57. The highest BCUT2D eigenvalue weighted by atomic mass is 79.9. The van der Waals surface area contributed by atoms with E-state index in [0.717, 1.165) is 32.4 Å². The molecule has 0 bridgehead atoms. The fourth-order valence-electron chi connectivity index (χ4n) is 2.43. The van der Waals surface area contributed by atoms with Gasteiger partial charge in [0, 0.05) is 16.2 Å². The quantitative estimate of drug-likeness (QED) is 0.554. The standard InChI is InChI=1S/C21H22BrNO3/c1-13-8-9-17(18(22)12-13)10-11-19(24)26-16(4)21(25)23-20-14(2)6-5-7-15(20)3/h5-12,16H,1-4H3,(H,23,25)/b11-10+/t16-/m1/s1. The van der Waals surface area contributed by atoms with Gasteiger partial charge in [0.05, 0.1) is 0 Å². The second-order valence-corrected chi connectivity index (χ2v) is 7.05. The first kappa shape index (κ1) is 19.9. The topological polar surface area (TPSA) is 55.4 Å². The Hall–Kier alpha value is -2.40. The Bertz CT molecular complexity index is 838. The number of nitrogens with one attached hydrogen (secondary N) is 1. The molecule has 1 amide bonds. The maximum atomic E-state index is 12.3. The number of halogens is 1. The number of aryl methyl sites for hydroxylation is 3. The molecule has 26 heavy (non-hydrogen) atoms. The first-order valence-corrected chi connectivity index (χ1v) is 9.09. The highest BCUT2D eigenvalue weighted by molar-refractivity contribution is 9.10. The minimum absolute atomic E-state index is 0.360. The van der Waals surface area contributed by atoms with Crippen LogP contribution in [-0.4, -0.2) is 18.0 Å². The van der Waals surface area contributed by atoms with Gasteiger partial charge in [-0.3, -0.25) is 4.79 Å². The molecule has 1 N–H and O–H groups in total. The van der Waals surface area contributed by atoms with Crippen molar-refractivity contribution in [3.63, 3.8) is 0 Å². The van der Waals surface area contributed by atoms with Crippen molar-refractivity contribution < 1.29 is 14.3 Å². The third-order valence-corrected chi connectivity index (χ3v) is 4.63. The average molecular weight is 416 g/mol. The Balaban J connectivity index is 1.97. The molecule has 136 valence electrons. The summed E-state index contributed by atoms with van der Waals surface area (Å²) in [7, 11) is 0. The van der Waals surface area contributed by atoms with Crippen LogP contribution in [-0.2, 0) is 14.3 Å². The molecule has 0 saturated heterocycles. The molecule has 0 saturated carbocycles. The third kappa shape index (κ3) is 5.30. The molecule has 0 heterocycles. The largest absolute Gasteiger partial charge is 0.449 e. The number of ether oxygens (including phenoxy) is 1. The molecule has 0 spiro atoms. The molecule has 2 aromatic rings. The first-order chi connectivity index (χ1) is 12.3. The number of esters is 1. The van der Waals surface area contributed by atoms with Gasteiger partial charge in [-0.25, -0.2) is 4.79 Å². The maximum absolute atomic E-state index is 12.3. The Morgan fingerprint density at radius 1 is 1.12 bits per heavy atom. The van der Waals surface area contributed by atoms with Crippen LogP contribution in [0.25, 0.3) is 6.08 Å². The fraction of sp³-hybridized carbons (Fsp3) is 0.238. The van der Waals surface area contributed by atoms with Gasteiger partial charge in [0.25, 0.3) is 5.91 Å². The van der Waals surface area contributed by atoms with Crippen molar-refractivity contribution in [2.45, 2.75) is 33.8 Å². The number of rotatable bonds is 5. The van der Waals surface area contributed by atoms with E-state index in [2.05, 4.69) is 21.2 Å². The number of amides is 1. The summed E-state index contributed by atoms with van der Waals surface area (Å²) < 4.78 is 6.09. The summed E-state index contributed by atoms with van der Waals surface area (Å²) >= 11 is 3.45. The van der Waals surface area contributed by atoms with Gasteiger partial charge in [0.2, 0.25) is 0 Å². The highest BCUT2D eigenvalue weighted by Crippen LogP contribution is 2.21. The summed E-state index contributed by atoms with van der Waals surface area (Å²) in [5.41, 5.74) is 4.65. The van der Waals surface area contributed by atoms with E-state index < -0.39 is 12.1 Å². The summed E-state index contributed by atoms with van der Waals surface area (Å²) in [6.07, 6.45) is 2.08. The molecule has 0 radical (unpaired) electrons. The van der Waals surface area contributed by atoms with Crippen molar-refractivity contribution in [3.8, 4) is 0 Å². The SMILES string of the molecule is Cc1ccc(/C=C/C(=O)O[C@H](C)C(=O)Nc2c(C)cccc2C)c(Br)c1. The zero-order valence-corrected chi connectivity index (χ0v) is 16.9. The normalized spacial score (nSPS) is 12.0. The second-order valence-electron chi connectivity index (χ2n) is 6.19. The van der Waals surface area contributed by atoms with Crippen molar-refractivity contribution in [2.24, 2.45) is 0 Å². The lowest BCUT2D eigenvalue weighted by Gasteiger charge is -2.15. The lowest BCUT2D eigenvalue weighted by molar-refractivity contribution is -0.148. The van der Waals surface area contributed by atoms with Crippen molar-refractivity contribution in [1.82, 2.24) is 0 Å². The van der Waals surface area contributed by atoms with Gasteiger partial charge in [-0.15, -0.1) is 0 Å². The van der Waals surface area contributed by atoms with Gasteiger partial charge in [-0.2, -0.15) is 0 Å². The molecular weight excluding hydrogens is 394 g/mol. The first-order valence-electron chi connectivity index (χ1n) is 8.30. The van der Waals surface area contributed by atoms with E-state index in [0.29, 0.717) is 0 Å². The minimum Gasteiger partial charge on any atom is -0.449 e. The van der Waals surface area contributed by atoms with Crippen LogP contribution in [0.2, 0.25) is 0 Å². The molecule has 0 aliphatic heterocycles. The summed E-state index contributed by atoms with van der Waals surface area (Å²) in [6.45, 7) is 7.38. The molecule has 2 rings (SSSR count). The Kier molecular flexibility index (Phi) is 6.75. The van der Waals surface area contributed by atoms with E-state index in [4.69, 9.17) is 4.74 Å². The predicted molar refractivity (Wildman–Crippen MR) is 108 cm³/mol. The predicted octanol–water partition coefficient (Wildman–Crippen LogP) is 4.96. The van der Waals surface area contributed by atoms with Gasteiger partial charge >= 0.3 is 5.97 Å². The zero-order valence-electron chi connectivity index (χ0n) is 15.3. The van der Waals surface area contributed by atoms with E-state index in [1.807, 2.05) is 57.2 Å². The smallest absolute Gasteiger partial charge is 0.331 e. The number of para-hydroxylation sites is 1. The minimum atomic E-state index is -0.896. The molecule has 0 aromatic heterocycles. The molecule has 0 aliphatic rings. The van der Waals surface area contributed by atoms with Gasteiger partial charge in [0.15, 0.2) is 6.10 Å². The van der Waals surface area contributed by atoms with E-state index in [1.165, 1.54) is 6.08 Å². The van der Waals surface area contributed by atoms with Crippen LogP contribution in [0.3, 0.4) is 0 Å². The maximum Gasteiger partial charge on any atom is 0.331 e. The lowest BCUT2D eigenvalue weighted by atomic mass is 10.1. The number of hydrogen-bond donors (Lipinski definition) is 1. The van der Waals surface area contributed by atoms with Crippen LogP contribution < -0.4 is 5.32 Å². The van der Waals surface area contributed by atoms with E-state index in [1.54, 1.807) is 13.0 Å². The lowest BCUT2D eigenvalue weighted by Crippen LogP contribution is -2.30. The molecule has 0 aliphatic carbocycles. The van der Waals surface area contributed by atoms with Gasteiger partial charge in [-0.05, 0) is 62.1 Å². The van der Waals surface area contributed by atoms with E-state index in [9.17, 15) is 9.59 Å². The van der Waals surface area contributed by atoms with Crippen LogP contribution in [0.15, 0.2) is 46.9 Å². The van der Waals surface area contributed by atoms with Gasteiger partial charge in [-0.1, -0.05) is 46.3 Å². The number of carbonyl (C=O) groups is 2. The van der Waals surface area contributed by atoms with Crippen molar-refractivity contribution in [1.29, 1.82) is 0 Å². The van der Waals surface area contributed by atoms with Crippen LogP contribution in [0, 0.1) is 20.8 Å². The Morgan fingerprint density at radius 2 is 1.77 bits per heavy atom. The molecule has 2 aromatic carbocycles. The van der Waals surface area contributed by atoms with Gasteiger partial charge < -0.3 is 10.1 Å². The van der Waals surface area contributed by atoms with E-state index in [-0.39, 0.29) is 5.91 Å². The number of benzene rings is 2. The van der Waals surface area contributed by atoms with Crippen LogP contribution in [0.5, 0.6) is 0 Å². The number of hydrogen-bond acceptors (Lipinski definition) is 3. The second kappa shape index (κ2) is 8.81. The van der Waals surface area contributed by atoms with Crippen molar-refractivity contribution >= 4 is 39.6 Å². The Labute approximate surface area is 162 Å². The summed E-state index contributed by atoms with van der Waals surface area (Å²) in [4.78, 5) is 24.3. The number of anilines is 1. The molecule has 5 heteroatoms. The van der Waals surface area contributed by atoms with Gasteiger partial charge in [0.1, 0.15) is 0 Å². The highest BCUT2D eigenvalue weighted by Gasteiger charge is 2.18. The van der Waals surface area contributed by atoms with Crippen molar-refractivity contribution in [2.75, 3.05) is 5.32 Å². The van der Waals surface area contributed by atoms with Crippen LogP contribution in [0.4, 0.5) is 5.69 Å². The van der Waals surface area contributed by atoms with Crippen LogP contribution >= 0.6 is 15.9 Å². The van der Waals surface area contributed by atoms with Crippen molar-refractivity contribution in [3.05, 3.63) is 69.2 Å². The monoisotopic (exact) mass is 415 g/mol. The fourth-order valence-corrected chi connectivity index (χ4v) is 3.05. The Morgan fingerprint density at radius 3 is 2.38 bits per heavy atom. The zero-order chi connectivity index (χ0) is 19.3. The third-order valence-electron chi connectivity index (χ3n) is 3.95. The van der Waals surface area contributed by atoms with E-state index >= 15 is 0 Å². The summed E-state index contributed by atoms with van der Waals surface area (Å²) in [5.74, 6) is -0.928. The molecule has 0 fully saturated rings. The molecule has 4 nitrogen and oxygen atoms in total.